The van der Waals surface area contributed by atoms with Crippen LogP contribution in [0.5, 0.6) is 0 Å². The van der Waals surface area contributed by atoms with Crippen LogP contribution in [0, 0.1) is 0 Å². The lowest BCUT2D eigenvalue weighted by molar-refractivity contribution is -0.137. The highest BCUT2D eigenvalue weighted by atomic mass is 35.5. The second-order valence-electron chi connectivity index (χ2n) is 4.69. The van der Waals surface area contributed by atoms with Crippen molar-refractivity contribution in [2.45, 2.75) is 19.3 Å². The highest BCUT2D eigenvalue weighted by Crippen LogP contribution is 2.22. The number of carbonyl (C=O) groups is 3. The van der Waals surface area contributed by atoms with Gasteiger partial charge in [0.2, 0.25) is 5.91 Å². The number of benzene rings is 1. The van der Waals surface area contributed by atoms with Gasteiger partial charge in [0.15, 0.2) is 0 Å². The normalized spacial score (nSPS) is 10.0. The first-order valence-corrected chi connectivity index (χ1v) is 6.72. The van der Waals surface area contributed by atoms with Gasteiger partial charge in [-0.15, -0.1) is 0 Å². The van der Waals surface area contributed by atoms with Gasteiger partial charge in [-0.25, -0.2) is 0 Å². The molecule has 0 spiro atoms. The summed E-state index contributed by atoms with van der Waals surface area (Å²) < 4.78 is 0. The van der Waals surface area contributed by atoms with Gasteiger partial charge in [0, 0.05) is 32.6 Å². The molecule has 6 nitrogen and oxygen atoms in total. The first kappa shape index (κ1) is 17.0. The van der Waals surface area contributed by atoms with Crippen molar-refractivity contribution in [2.75, 3.05) is 19.4 Å². The number of hydrogen-bond donors (Lipinski definition) is 2. The van der Waals surface area contributed by atoms with E-state index in [2.05, 4.69) is 5.32 Å². The van der Waals surface area contributed by atoms with Crippen molar-refractivity contribution in [3.05, 3.63) is 28.8 Å². The van der Waals surface area contributed by atoms with Crippen LogP contribution in [0.4, 0.5) is 5.69 Å². The molecule has 0 fully saturated rings. The number of halogens is 1. The van der Waals surface area contributed by atoms with Crippen molar-refractivity contribution < 1.29 is 19.5 Å². The van der Waals surface area contributed by atoms with Crippen LogP contribution >= 0.6 is 11.6 Å². The molecule has 114 valence electrons. The van der Waals surface area contributed by atoms with Crippen molar-refractivity contribution in [1.29, 1.82) is 0 Å². The van der Waals surface area contributed by atoms with E-state index in [0.29, 0.717) is 16.3 Å². The first-order chi connectivity index (χ1) is 9.81. The summed E-state index contributed by atoms with van der Waals surface area (Å²) in [5.41, 5.74) is 0.745. The van der Waals surface area contributed by atoms with Crippen LogP contribution in [0.1, 0.15) is 29.6 Å². The van der Waals surface area contributed by atoms with E-state index >= 15 is 0 Å². The highest BCUT2D eigenvalue weighted by molar-refractivity contribution is 6.34. The summed E-state index contributed by atoms with van der Waals surface area (Å²) in [5, 5.41) is 11.4. The zero-order valence-electron chi connectivity index (χ0n) is 11.9. The molecule has 1 aromatic rings. The van der Waals surface area contributed by atoms with Crippen LogP contribution < -0.4 is 5.32 Å². The predicted molar refractivity (Wildman–Crippen MR) is 79.6 cm³/mol. The lowest BCUT2D eigenvalue weighted by Gasteiger charge is -2.13. The molecule has 21 heavy (non-hydrogen) atoms. The maximum atomic E-state index is 11.9. The van der Waals surface area contributed by atoms with Crippen molar-refractivity contribution >= 4 is 35.1 Å². The Balaban J connectivity index is 2.72. The number of anilines is 1. The molecule has 1 aromatic carbocycles. The van der Waals surface area contributed by atoms with Gasteiger partial charge in [-0.05, 0) is 24.6 Å². The lowest BCUT2D eigenvalue weighted by Crippen LogP contribution is -2.22. The number of nitrogens with zero attached hydrogens (tertiary/aromatic N) is 1. The molecule has 2 amide bonds. The van der Waals surface area contributed by atoms with Gasteiger partial charge in [0.1, 0.15) is 0 Å². The molecule has 7 heteroatoms. The van der Waals surface area contributed by atoms with E-state index in [1.807, 2.05) is 0 Å². The van der Waals surface area contributed by atoms with Crippen LogP contribution in [0.3, 0.4) is 0 Å². The van der Waals surface area contributed by atoms with E-state index in [4.69, 9.17) is 16.7 Å². The predicted octanol–water partition coefficient (Wildman–Crippen LogP) is 2.24. The first-order valence-electron chi connectivity index (χ1n) is 6.34. The molecule has 0 radical (unpaired) electrons. The molecular weight excluding hydrogens is 296 g/mol. The van der Waals surface area contributed by atoms with Gasteiger partial charge in [0.05, 0.1) is 10.6 Å². The Bertz CT molecular complexity index is 558. The third kappa shape index (κ3) is 5.43. The molecule has 2 N–H and O–H groups in total. The molecule has 0 saturated carbocycles. The quantitative estimate of drug-likeness (QED) is 0.843. The molecule has 0 aliphatic heterocycles. The molecule has 0 aromatic heterocycles. The maximum absolute atomic E-state index is 11.9. The van der Waals surface area contributed by atoms with Gasteiger partial charge >= 0.3 is 5.97 Å². The highest BCUT2D eigenvalue weighted by Gasteiger charge is 2.14. The van der Waals surface area contributed by atoms with Crippen molar-refractivity contribution in [1.82, 2.24) is 4.90 Å². The average Bonchev–Trinajstić information content (AvgIpc) is 2.39. The summed E-state index contributed by atoms with van der Waals surface area (Å²) in [7, 11) is 3.21. The number of hydrogen-bond acceptors (Lipinski definition) is 3. The number of carboxylic acids is 1. The van der Waals surface area contributed by atoms with Crippen molar-refractivity contribution in [2.24, 2.45) is 0 Å². The van der Waals surface area contributed by atoms with Gasteiger partial charge in [-0.1, -0.05) is 11.6 Å². The lowest BCUT2D eigenvalue weighted by atomic mass is 10.1. The van der Waals surface area contributed by atoms with Crippen LogP contribution in [0.15, 0.2) is 18.2 Å². The molecule has 0 aliphatic carbocycles. The Labute approximate surface area is 127 Å². The number of amides is 2. The minimum absolute atomic E-state index is 0.0571. The SMILES string of the molecule is CN(C)C(=O)c1cc(NC(=O)CCCC(=O)O)ccc1Cl. The fourth-order valence-electron chi connectivity index (χ4n) is 1.63. The zero-order valence-corrected chi connectivity index (χ0v) is 12.6. The van der Waals surface area contributed by atoms with E-state index in [1.165, 1.54) is 17.0 Å². The van der Waals surface area contributed by atoms with Gasteiger partial charge < -0.3 is 15.3 Å². The topological polar surface area (TPSA) is 86.7 Å². The molecule has 0 saturated heterocycles. The number of rotatable bonds is 6. The third-order valence-corrected chi connectivity index (χ3v) is 3.01. The van der Waals surface area contributed by atoms with Crippen LogP contribution in [-0.4, -0.2) is 41.9 Å². The smallest absolute Gasteiger partial charge is 0.303 e. The van der Waals surface area contributed by atoms with Crippen LogP contribution in [-0.2, 0) is 9.59 Å². The van der Waals surface area contributed by atoms with E-state index < -0.39 is 5.97 Å². The maximum Gasteiger partial charge on any atom is 0.303 e. The standard InChI is InChI=1S/C14H17ClN2O4/c1-17(2)14(21)10-8-9(6-7-11(10)15)16-12(18)4-3-5-13(19)20/h6-8H,3-5H2,1-2H3,(H,16,18)(H,19,20). The largest absolute Gasteiger partial charge is 0.481 e. The van der Waals surface area contributed by atoms with Crippen molar-refractivity contribution in [3.63, 3.8) is 0 Å². The second kappa shape index (κ2) is 7.64. The molecule has 0 heterocycles. The Morgan fingerprint density at radius 3 is 2.48 bits per heavy atom. The summed E-state index contributed by atoms with van der Waals surface area (Å²) in [5.74, 6) is -1.50. The van der Waals surface area contributed by atoms with Crippen LogP contribution in [0.2, 0.25) is 5.02 Å². The summed E-state index contributed by atoms with van der Waals surface area (Å²) in [6.07, 6.45) is 0.308. The summed E-state index contributed by atoms with van der Waals surface area (Å²) in [4.78, 5) is 35.3. The fourth-order valence-corrected chi connectivity index (χ4v) is 1.83. The van der Waals surface area contributed by atoms with E-state index in [9.17, 15) is 14.4 Å². The Hall–Kier alpha value is -2.08. The molecule has 0 bridgehead atoms. The number of aliphatic carboxylic acids is 1. The van der Waals surface area contributed by atoms with Gasteiger partial charge in [-0.2, -0.15) is 0 Å². The monoisotopic (exact) mass is 312 g/mol. The Morgan fingerprint density at radius 1 is 1.24 bits per heavy atom. The molecule has 0 atom stereocenters. The summed E-state index contributed by atoms with van der Waals surface area (Å²) >= 11 is 5.96. The van der Waals surface area contributed by atoms with E-state index in [0.717, 1.165) is 0 Å². The van der Waals surface area contributed by atoms with Crippen molar-refractivity contribution in [3.8, 4) is 0 Å². The zero-order chi connectivity index (χ0) is 16.0. The fraction of sp³-hybridized carbons (Fsp3) is 0.357. The second-order valence-corrected chi connectivity index (χ2v) is 5.10. The Kier molecular flexibility index (Phi) is 6.17. The molecule has 0 unspecified atom stereocenters. The van der Waals surface area contributed by atoms with E-state index in [1.54, 1.807) is 20.2 Å². The molecular formula is C14H17ClN2O4. The minimum atomic E-state index is -0.937. The number of carbonyl (C=O) groups excluding carboxylic acids is 2. The molecule has 0 aliphatic rings. The minimum Gasteiger partial charge on any atom is -0.481 e. The van der Waals surface area contributed by atoms with Gasteiger partial charge in [-0.3, -0.25) is 14.4 Å². The molecule has 1 rings (SSSR count). The van der Waals surface area contributed by atoms with E-state index in [-0.39, 0.29) is 31.1 Å². The van der Waals surface area contributed by atoms with Crippen LogP contribution in [0.25, 0.3) is 0 Å². The third-order valence-electron chi connectivity index (χ3n) is 2.68. The number of carboxylic acid groups (broad SMARTS) is 1. The summed E-state index contributed by atoms with van der Waals surface area (Å²) in [6.45, 7) is 0. The van der Waals surface area contributed by atoms with Gasteiger partial charge in [0.25, 0.3) is 5.91 Å². The number of nitrogens with one attached hydrogen (secondary N) is 1. The summed E-state index contributed by atoms with van der Waals surface area (Å²) in [6, 6.07) is 4.62. The average molecular weight is 313 g/mol. The Morgan fingerprint density at radius 2 is 1.90 bits per heavy atom.